The lowest BCUT2D eigenvalue weighted by atomic mass is 9.93. The monoisotopic (exact) mass is 368 g/mol. The molecule has 0 saturated carbocycles. The van der Waals surface area contributed by atoms with Crippen molar-refractivity contribution in [2.75, 3.05) is 13.6 Å². The van der Waals surface area contributed by atoms with Gasteiger partial charge in [-0.15, -0.1) is 0 Å². The highest BCUT2D eigenvalue weighted by molar-refractivity contribution is 5.85. The van der Waals surface area contributed by atoms with Crippen molar-refractivity contribution in [2.45, 2.75) is 38.8 Å². The summed E-state index contributed by atoms with van der Waals surface area (Å²) >= 11 is 0. The van der Waals surface area contributed by atoms with Crippen molar-refractivity contribution < 1.29 is 5.11 Å². The summed E-state index contributed by atoms with van der Waals surface area (Å²) in [6, 6.07) is 7.38. The summed E-state index contributed by atoms with van der Waals surface area (Å²) < 4.78 is 1.28. The maximum Gasteiger partial charge on any atom is 0.331 e. The number of nitrogens with one attached hydrogen (secondary N) is 2. The molecular formula is C20H24N4O3. The van der Waals surface area contributed by atoms with Crippen molar-refractivity contribution in [1.82, 2.24) is 19.4 Å². The van der Waals surface area contributed by atoms with Crippen molar-refractivity contribution in [3.8, 4) is 5.88 Å². The fourth-order valence-electron chi connectivity index (χ4n) is 4.12. The molecule has 0 bridgehead atoms. The number of nitrogens with zero attached hydrogens (tertiary/aromatic N) is 2. The molecule has 0 fully saturated rings. The fourth-order valence-corrected chi connectivity index (χ4v) is 4.12. The molecule has 142 valence electrons. The number of aromatic amines is 2. The van der Waals surface area contributed by atoms with E-state index in [9.17, 15) is 14.7 Å². The van der Waals surface area contributed by atoms with Gasteiger partial charge in [0.1, 0.15) is 5.56 Å². The van der Waals surface area contributed by atoms with E-state index < -0.39 is 17.3 Å². The van der Waals surface area contributed by atoms with Crippen LogP contribution in [0.25, 0.3) is 10.9 Å². The lowest BCUT2D eigenvalue weighted by molar-refractivity contribution is 0.248. The third kappa shape index (κ3) is 2.61. The van der Waals surface area contributed by atoms with Crippen LogP contribution in [0.3, 0.4) is 0 Å². The number of likely N-dealkylation sites (N-methyl/N-ethyl adjacent to an activating group) is 1. The number of benzene rings is 1. The van der Waals surface area contributed by atoms with Crippen LogP contribution in [0.5, 0.6) is 5.88 Å². The molecule has 2 aromatic heterocycles. The summed E-state index contributed by atoms with van der Waals surface area (Å²) in [5.74, 6) is -0.249. The average Bonchev–Trinajstić information content (AvgIpc) is 3.01. The first-order chi connectivity index (χ1) is 12.9. The van der Waals surface area contributed by atoms with Crippen molar-refractivity contribution in [2.24, 2.45) is 0 Å². The van der Waals surface area contributed by atoms with Crippen LogP contribution in [0.2, 0.25) is 0 Å². The third-order valence-corrected chi connectivity index (χ3v) is 5.73. The predicted octanol–water partition coefficient (Wildman–Crippen LogP) is 2.27. The van der Waals surface area contributed by atoms with Crippen LogP contribution in [0.1, 0.15) is 49.2 Å². The first kappa shape index (κ1) is 17.6. The topological polar surface area (TPSA) is 94.1 Å². The smallest absolute Gasteiger partial charge is 0.331 e. The lowest BCUT2D eigenvalue weighted by Gasteiger charge is -2.33. The van der Waals surface area contributed by atoms with Gasteiger partial charge in [-0.25, -0.2) is 4.79 Å². The summed E-state index contributed by atoms with van der Waals surface area (Å²) in [5, 5.41) is 12.1. The molecule has 0 unspecified atom stereocenters. The number of hydrogen-bond donors (Lipinski definition) is 3. The van der Waals surface area contributed by atoms with Gasteiger partial charge >= 0.3 is 5.69 Å². The Kier molecular flexibility index (Phi) is 4.19. The first-order valence-electron chi connectivity index (χ1n) is 9.31. The second-order valence-corrected chi connectivity index (χ2v) is 7.32. The number of fused-ring (bicyclic) bond motifs is 3. The molecule has 4 rings (SSSR count). The van der Waals surface area contributed by atoms with E-state index in [-0.39, 0.29) is 17.5 Å². The Bertz CT molecular complexity index is 1120. The van der Waals surface area contributed by atoms with Gasteiger partial charge in [0.15, 0.2) is 0 Å². The number of aromatic hydroxyl groups is 1. The normalized spacial score (nSPS) is 18.6. The van der Waals surface area contributed by atoms with Crippen molar-refractivity contribution >= 4 is 10.9 Å². The summed E-state index contributed by atoms with van der Waals surface area (Å²) in [4.78, 5) is 32.9. The molecule has 7 heteroatoms. The number of aromatic nitrogens is 3. The molecule has 1 aliphatic heterocycles. The average molecular weight is 368 g/mol. The molecular weight excluding hydrogens is 344 g/mol. The highest BCUT2D eigenvalue weighted by Gasteiger charge is 2.34. The highest BCUT2D eigenvalue weighted by atomic mass is 16.3. The van der Waals surface area contributed by atoms with E-state index in [1.165, 1.54) is 4.57 Å². The molecule has 7 nitrogen and oxygen atoms in total. The van der Waals surface area contributed by atoms with Gasteiger partial charge in [-0.3, -0.25) is 19.2 Å². The van der Waals surface area contributed by atoms with Gasteiger partial charge in [0, 0.05) is 29.2 Å². The Morgan fingerprint density at radius 3 is 2.74 bits per heavy atom. The highest BCUT2D eigenvalue weighted by Crippen LogP contribution is 2.39. The first-order valence-corrected chi connectivity index (χ1v) is 9.31. The minimum Gasteiger partial charge on any atom is -0.494 e. The van der Waals surface area contributed by atoms with E-state index in [1.807, 2.05) is 44.0 Å². The molecule has 1 aliphatic rings. The van der Waals surface area contributed by atoms with Gasteiger partial charge in [-0.05, 0) is 38.4 Å². The van der Waals surface area contributed by atoms with E-state index in [1.54, 1.807) is 0 Å². The molecule has 0 spiro atoms. The van der Waals surface area contributed by atoms with Crippen molar-refractivity contribution in [1.29, 1.82) is 0 Å². The van der Waals surface area contributed by atoms with E-state index in [4.69, 9.17) is 0 Å². The third-order valence-electron chi connectivity index (χ3n) is 5.73. The SMILES string of the molecule is CC[C@@H](C)n1c(O)c([C@H]2c3[nH]c4ccccc4c3CCN2C)c(=O)[nH]c1=O. The molecule has 0 radical (unpaired) electrons. The molecule has 0 amide bonds. The second kappa shape index (κ2) is 6.42. The fraction of sp³-hybridized carbons (Fsp3) is 0.400. The van der Waals surface area contributed by atoms with Crippen LogP contribution in [-0.4, -0.2) is 38.1 Å². The number of rotatable bonds is 3. The van der Waals surface area contributed by atoms with Crippen LogP contribution in [-0.2, 0) is 6.42 Å². The lowest BCUT2D eigenvalue weighted by Crippen LogP contribution is -2.40. The summed E-state index contributed by atoms with van der Waals surface area (Å²) in [6.45, 7) is 4.53. The van der Waals surface area contributed by atoms with Gasteiger partial charge < -0.3 is 10.1 Å². The van der Waals surface area contributed by atoms with Gasteiger partial charge in [0.2, 0.25) is 5.88 Å². The molecule has 0 saturated heterocycles. The Morgan fingerprint density at radius 2 is 2.00 bits per heavy atom. The minimum absolute atomic E-state index is 0.213. The largest absolute Gasteiger partial charge is 0.494 e. The van der Waals surface area contributed by atoms with Gasteiger partial charge in [-0.2, -0.15) is 0 Å². The van der Waals surface area contributed by atoms with Gasteiger partial charge in [-0.1, -0.05) is 25.1 Å². The van der Waals surface area contributed by atoms with E-state index in [0.29, 0.717) is 6.42 Å². The van der Waals surface area contributed by atoms with E-state index in [2.05, 4.69) is 16.0 Å². The Balaban J connectivity index is 2.00. The summed E-state index contributed by atoms with van der Waals surface area (Å²) in [6.07, 6.45) is 1.52. The zero-order valence-electron chi connectivity index (χ0n) is 15.7. The molecule has 3 N–H and O–H groups in total. The van der Waals surface area contributed by atoms with Crippen LogP contribution in [0.15, 0.2) is 33.9 Å². The molecule has 1 aromatic carbocycles. The number of H-pyrrole nitrogens is 2. The molecule has 27 heavy (non-hydrogen) atoms. The van der Waals surface area contributed by atoms with Crippen molar-refractivity contribution in [3.05, 3.63) is 61.9 Å². The zero-order valence-corrected chi connectivity index (χ0v) is 15.7. The van der Waals surface area contributed by atoms with Gasteiger partial charge in [0.25, 0.3) is 5.56 Å². The van der Waals surface area contributed by atoms with Crippen LogP contribution < -0.4 is 11.2 Å². The molecule has 3 aromatic rings. The van der Waals surface area contributed by atoms with Crippen molar-refractivity contribution in [3.63, 3.8) is 0 Å². The van der Waals surface area contributed by atoms with Crippen LogP contribution >= 0.6 is 0 Å². The Morgan fingerprint density at radius 1 is 1.26 bits per heavy atom. The second-order valence-electron chi connectivity index (χ2n) is 7.32. The number of hydrogen-bond acceptors (Lipinski definition) is 4. The molecule has 0 aliphatic carbocycles. The summed E-state index contributed by atoms with van der Waals surface area (Å²) in [7, 11) is 1.93. The molecule has 2 atom stereocenters. The maximum atomic E-state index is 12.7. The standard InChI is InChI=1S/C20H24N4O3/c1-4-11(2)24-19(26)15(18(25)22-20(24)27)17-16-13(9-10-23(17)3)12-7-5-6-8-14(12)21-16/h5-8,11,17,21,26H,4,9-10H2,1-3H3,(H,22,25,27)/t11-,17+/m1/s1. The number of para-hydroxylation sites is 1. The minimum atomic E-state index is -0.578. The van der Waals surface area contributed by atoms with Crippen LogP contribution in [0, 0.1) is 0 Å². The Labute approximate surface area is 156 Å². The van der Waals surface area contributed by atoms with E-state index >= 15 is 0 Å². The predicted molar refractivity (Wildman–Crippen MR) is 104 cm³/mol. The maximum absolute atomic E-state index is 12.7. The molecule has 3 heterocycles. The van der Waals surface area contributed by atoms with Crippen LogP contribution in [0.4, 0.5) is 0 Å². The van der Waals surface area contributed by atoms with E-state index in [0.717, 1.165) is 35.1 Å². The van der Waals surface area contributed by atoms with Gasteiger partial charge in [0.05, 0.1) is 6.04 Å². The quantitative estimate of drug-likeness (QED) is 0.661. The zero-order chi connectivity index (χ0) is 19.3. The summed E-state index contributed by atoms with van der Waals surface area (Å²) in [5.41, 5.74) is 2.17. The Hall–Kier alpha value is -2.80.